The van der Waals surface area contributed by atoms with Crippen molar-refractivity contribution in [3.63, 3.8) is 0 Å². The number of nitrogens with one attached hydrogen (secondary N) is 2. The second-order valence-electron chi connectivity index (χ2n) is 7.15. The fourth-order valence-electron chi connectivity index (χ4n) is 4.18. The summed E-state index contributed by atoms with van der Waals surface area (Å²) in [5.74, 6) is 0.903. The zero-order valence-electron chi connectivity index (χ0n) is 14.9. The van der Waals surface area contributed by atoms with Crippen LogP contribution in [0.5, 0.6) is 0 Å². The van der Waals surface area contributed by atoms with E-state index >= 15 is 0 Å². The van der Waals surface area contributed by atoms with Crippen molar-refractivity contribution in [2.75, 3.05) is 0 Å². The van der Waals surface area contributed by atoms with E-state index in [1.54, 1.807) is 0 Å². The standard InChI is InChI=1S/C24H17N3/c1-14-10-11-18-19(12-14)15-6-2-3-8-17(15)22-23(18)27-24(26-22)20-13-25-21-9-5-4-7-16(20)21/h2-13,25H,1H3,(H,26,27). The molecule has 2 heterocycles. The van der Waals surface area contributed by atoms with Gasteiger partial charge in [-0.15, -0.1) is 0 Å². The number of nitrogens with zero attached hydrogens (tertiary/aromatic N) is 1. The molecule has 0 aliphatic carbocycles. The SMILES string of the molecule is Cc1ccc2c(c1)c1ccccc1c1[nH]c(-c3c[nH]c4ccccc34)nc21. The van der Waals surface area contributed by atoms with Gasteiger partial charge < -0.3 is 9.97 Å². The average molecular weight is 347 g/mol. The minimum atomic E-state index is 0.903. The van der Waals surface area contributed by atoms with Gasteiger partial charge in [0.15, 0.2) is 0 Å². The van der Waals surface area contributed by atoms with Crippen LogP contribution in [0.4, 0.5) is 0 Å². The van der Waals surface area contributed by atoms with E-state index in [0.29, 0.717) is 0 Å². The summed E-state index contributed by atoms with van der Waals surface area (Å²) in [4.78, 5) is 12.0. The molecule has 0 spiro atoms. The molecule has 2 N–H and O–H groups in total. The second kappa shape index (κ2) is 5.21. The molecule has 0 radical (unpaired) electrons. The normalized spacial score (nSPS) is 11.9. The van der Waals surface area contributed by atoms with Crippen molar-refractivity contribution < 1.29 is 0 Å². The number of aryl methyl sites for hydroxylation is 1. The lowest BCUT2D eigenvalue weighted by Gasteiger charge is -2.06. The average Bonchev–Trinajstić information content (AvgIpc) is 3.32. The fraction of sp³-hybridized carbons (Fsp3) is 0.0417. The summed E-state index contributed by atoms with van der Waals surface area (Å²) in [6.07, 6.45) is 2.04. The third-order valence-corrected chi connectivity index (χ3v) is 5.46. The molecule has 0 fully saturated rings. The number of para-hydroxylation sites is 1. The Bertz CT molecular complexity index is 1480. The number of benzene rings is 4. The molecule has 0 atom stereocenters. The minimum Gasteiger partial charge on any atom is -0.360 e. The van der Waals surface area contributed by atoms with Gasteiger partial charge in [-0.2, -0.15) is 0 Å². The Morgan fingerprint density at radius 1 is 0.741 bits per heavy atom. The van der Waals surface area contributed by atoms with Crippen molar-refractivity contribution in [1.82, 2.24) is 15.0 Å². The van der Waals surface area contributed by atoms with Crippen LogP contribution in [0, 0.1) is 6.92 Å². The first kappa shape index (κ1) is 14.6. The predicted molar refractivity (Wildman–Crippen MR) is 113 cm³/mol. The molecule has 2 aromatic heterocycles. The summed E-state index contributed by atoms with van der Waals surface area (Å²) in [6, 6.07) is 23.5. The minimum absolute atomic E-state index is 0.903. The predicted octanol–water partition coefficient (Wildman–Crippen LogP) is 6.33. The van der Waals surface area contributed by atoms with Gasteiger partial charge in [0.25, 0.3) is 0 Å². The molecule has 0 saturated heterocycles. The van der Waals surface area contributed by atoms with E-state index in [4.69, 9.17) is 4.98 Å². The van der Waals surface area contributed by atoms with Crippen LogP contribution in [0.1, 0.15) is 5.56 Å². The van der Waals surface area contributed by atoms with E-state index in [-0.39, 0.29) is 0 Å². The molecule has 0 bridgehead atoms. The van der Waals surface area contributed by atoms with Gasteiger partial charge in [0.2, 0.25) is 0 Å². The quantitative estimate of drug-likeness (QED) is 0.336. The second-order valence-corrected chi connectivity index (χ2v) is 7.15. The molecule has 0 unspecified atom stereocenters. The Morgan fingerprint density at radius 2 is 1.52 bits per heavy atom. The van der Waals surface area contributed by atoms with Gasteiger partial charge in [-0.3, -0.25) is 0 Å². The van der Waals surface area contributed by atoms with Gasteiger partial charge in [-0.05, 0) is 23.8 Å². The highest BCUT2D eigenvalue weighted by atomic mass is 14.9. The first-order chi connectivity index (χ1) is 13.3. The molecule has 3 nitrogen and oxygen atoms in total. The van der Waals surface area contributed by atoms with Crippen molar-refractivity contribution in [3.05, 3.63) is 78.5 Å². The van der Waals surface area contributed by atoms with Crippen LogP contribution in [-0.2, 0) is 0 Å². The van der Waals surface area contributed by atoms with E-state index in [1.165, 1.54) is 32.5 Å². The zero-order valence-corrected chi connectivity index (χ0v) is 14.9. The Labute approximate surface area is 155 Å². The third-order valence-electron chi connectivity index (χ3n) is 5.46. The van der Waals surface area contributed by atoms with Crippen LogP contribution < -0.4 is 0 Å². The van der Waals surface area contributed by atoms with Crippen molar-refractivity contribution in [2.24, 2.45) is 0 Å². The maximum atomic E-state index is 5.04. The third kappa shape index (κ3) is 1.99. The number of hydrogen-bond donors (Lipinski definition) is 2. The smallest absolute Gasteiger partial charge is 0.140 e. The van der Waals surface area contributed by atoms with Gasteiger partial charge in [0, 0.05) is 33.4 Å². The Balaban J connectivity index is 1.78. The van der Waals surface area contributed by atoms with E-state index in [2.05, 4.69) is 77.6 Å². The van der Waals surface area contributed by atoms with Crippen LogP contribution in [0.15, 0.2) is 72.9 Å². The molecule has 3 heteroatoms. The van der Waals surface area contributed by atoms with Crippen LogP contribution in [0.3, 0.4) is 0 Å². The van der Waals surface area contributed by atoms with Crippen LogP contribution in [0.2, 0.25) is 0 Å². The molecular weight excluding hydrogens is 330 g/mol. The van der Waals surface area contributed by atoms with Crippen LogP contribution >= 0.6 is 0 Å². The molecule has 0 aliphatic rings. The monoisotopic (exact) mass is 347 g/mol. The van der Waals surface area contributed by atoms with Gasteiger partial charge in [0.05, 0.1) is 11.0 Å². The van der Waals surface area contributed by atoms with Gasteiger partial charge in [-0.1, -0.05) is 66.2 Å². The Hall–Kier alpha value is -3.59. The van der Waals surface area contributed by atoms with Gasteiger partial charge >= 0.3 is 0 Å². The molecule has 0 aliphatic heterocycles. The summed E-state index contributed by atoms with van der Waals surface area (Å²) >= 11 is 0. The summed E-state index contributed by atoms with van der Waals surface area (Å²) in [7, 11) is 0. The number of aromatic nitrogens is 3. The maximum absolute atomic E-state index is 5.04. The molecule has 27 heavy (non-hydrogen) atoms. The topological polar surface area (TPSA) is 44.5 Å². The van der Waals surface area contributed by atoms with E-state index in [1.807, 2.05) is 12.3 Å². The highest BCUT2D eigenvalue weighted by Crippen LogP contribution is 2.36. The molecule has 0 saturated carbocycles. The first-order valence-corrected chi connectivity index (χ1v) is 9.17. The highest BCUT2D eigenvalue weighted by Gasteiger charge is 2.15. The van der Waals surface area contributed by atoms with E-state index in [0.717, 1.165) is 27.9 Å². The van der Waals surface area contributed by atoms with Gasteiger partial charge in [0.1, 0.15) is 5.82 Å². The summed E-state index contributed by atoms with van der Waals surface area (Å²) in [5.41, 5.74) is 5.62. The first-order valence-electron chi connectivity index (χ1n) is 9.17. The highest BCUT2D eigenvalue weighted by molar-refractivity contribution is 6.23. The lowest BCUT2D eigenvalue weighted by Crippen LogP contribution is -1.83. The molecule has 0 amide bonds. The Kier molecular flexibility index (Phi) is 2.81. The van der Waals surface area contributed by atoms with Crippen molar-refractivity contribution >= 4 is 43.5 Å². The fourth-order valence-corrected chi connectivity index (χ4v) is 4.18. The molecule has 6 rings (SSSR count). The van der Waals surface area contributed by atoms with Crippen molar-refractivity contribution in [1.29, 1.82) is 0 Å². The lowest BCUT2D eigenvalue weighted by atomic mass is 9.98. The number of H-pyrrole nitrogens is 2. The molecule has 6 aromatic rings. The lowest BCUT2D eigenvalue weighted by molar-refractivity contribution is 1.34. The van der Waals surface area contributed by atoms with Crippen LogP contribution in [0.25, 0.3) is 54.9 Å². The van der Waals surface area contributed by atoms with E-state index < -0.39 is 0 Å². The Morgan fingerprint density at radius 3 is 2.41 bits per heavy atom. The zero-order chi connectivity index (χ0) is 18.0. The number of rotatable bonds is 1. The maximum Gasteiger partial charge on any atom is 0.140 e. The van der Waals surface area contributed by atoms with Crippen LogP contribution in [-0.4, -0.2) is 15.0 Å². The largest absolute Gasteiger partial charge is 0.360 e. The van der Waals surface area contributed by atoms with Crippen molar-refractivity contribution in [3.8, 4) is 11.4 Å². The van der Waals surface area contributed by atoms with Crippen molar-refractivity contribution in [2.45, 2.75) is 6.92 Å². The van der Waals surface area contributed by atoms with E-state index in [9.17, 15) is 0 Å². The van der Waals surface area contributed by atoms with Gasteiger partial charge in [-0.25, -0.2) is 4.98 Å². The molecular formula is C24H17N3. The number of hydrogen-bond acceptors (Lipinski definition) is 1. The number of imidazole rings is 1. The number of fused-ring (bicyclic) bond motifs is 7. The summed E-state index contributed by atoms with van der Waals surface area (Å²) in [6.45, 7) is 2.14. The molecule has 4 aromatic carbocycles. The summed E-state index contributed by atoms with van der Waals surface area (Å²) < 4.78 is 0. The number of aromatic amines is 2. The molecule has 128 valence electrons. The summed E-state index contributed by atoms with van der Waals surface area (Å²) in [5, 5.41) is 6.11.